The van der Waals surface area contributed by atoms with Gasteiger partial charge in [0.05, 0.1) is 5.56 Å². The molecule has 3 rings (SSSR count). The highest BCUT2D eigenvalue weighted by Gasteiger charge is 2.36. The summed E-state index contributed by atoms with van der Waals surface area (Å²) in [7, 11) is 0. The molecule has 0 radical (unpaired) electrons. The van der Waals surface area contributed by atoms with E-state index in [1.165, 1.54) is 30.3 Å². The van der Waals surface area contributed by atoms with Crippen molar-refractivity contribution in [2.75, 3.05) is 0 Å². The number of Topliss-reactive ketones (excluding diaryl/α,β-unsaturated/α-hetero) is 1. The fourth-order valence-electron chi connectivity index (χ4n) is 2.68. The van der Waals surface area contributed by atoms with E-state index in [0.717, 1.165) is 12.1 Å². The molecule has 5 heteroatoms. The summed E-state index contributed by atoms with van der Waals surface area (Å²) in [5.74, 6) is -1.06. The van der Waals surface area contributed by atoms with E-state index in [-0.39, 0.29) is 12.2 Å². The molecule has 0 unspecified atom stereocenters. The summed E-state index contributed by atoms with van der Waals surface area (Å²) >= 11 is 0. The molecule has 1 aliphatic rings. The lowest BCUT2D eigenvalue weighted by molar-refractivity contribution is -0.137. The molecule has 2 aromatic carbocycles. The van der Waals surface area contributed by atoms with Crippen molar-refractivity contribution >= 4 is 5.78 Å². The number of benzene rings is 2. The first-order valence-electron chi connectivity index (χ1n) is 6.36. The Hall–Kier alpha value is -2.17. The second-order valence-electron chi connectivity index (χ2n) is 5.03. The van der Waals surface area contributed by atoms with Crippen molar-refractivity contribution in [2.45, 2.75) is 18.5 Å². The molecule has 0 saturated heterocycles. The number of halogens is 4. The lowest BCUT2D eigenvalue weighted by Gasteiger charge is -2.13. The Morgan fingerprint density at radius 3 is 2.29 bits per heavy atom. The molecule has 0 bridgehead atoms. The van der Waals surface area contributed by atoms with Crippen molar-refractivity contribution < 1.29 is 22.4 Å². The van der Waals surface area contributed by atoms with Crippen molar-refractivity contribution in [2.24, 2.45) is 0 Å². The number of hydrogen-bond acceptors (Lipinski definition) is 1. The summed E-state index contributed by atoms with van der Waals surface area (Å²) in [6, 6.07) is 8.66. The number of hydrogen-bond donors (Lipinski definition) is 0. The van der Waals surface area contributed by atoms with E-state index in [4.69, 9.17) is 0 Å². The third kappa shape index (κ3) is 2.44. The monoisotopic (exact) mass is 294 g/mol. The first kappa shape index (κ1) is 13.8. The van der Waals surface area contributed by atoms with Crippen molar-refractivity contribution in [1.29, 1.82) is 0 Å². The van der Waals surface area contributed by atoms with Crippen molar-refractivity contribution in [3.05, 3.63) is 70.5 Å². The van der Waals surface area contributed by atoms with E-state index in [1.807, 2.05) is 0 Å². The van der Waals surface area contributed by atoms with Crippen LogP contribution in [0.5, 0.6) is 0 Å². The summed E-state index contributed by atoms with van der Waals surface area (Å²) in [5.41, 5.74) is 0.546. The van der Waals surface area contributed by atoms with Gasteiger partial charge in [-0.15, -0.1) is 0 Å². The minimum Gasteiger partial charge on any atom is -0.294 e. The Morgan fingerprint density at radius 2 is 1.67 bits per heavy atom. The van der Waals surface area contributed by atoms with Crippen LogP contribution < -0.4 is 0 Å². The van der Waals surface area contributed by atoms with Crippen LogP contribution >= 0.6 is 0 Å². The molecule has 0 heterocycles. The van der Waals surface area contributed by atoms with Crippen LogP contribution in [-0.2, 0) is 6.18 Å². The maximum atomic E-state index is 13.0. The van der Waals surface area contributed by atoms with Gasteiger partial charge in [-0.2, -0.15) is 13.2 Å². The zero-order valence-corrected chi connectivity index (χ0v) is 10.7. The summed E-state index contributed by atoms with van der Waals surface area (Å²) in [6.45, 7) is 0. The fraction of sp³-hybridized carbons (Fsp3) is 0.188. The van der Waals surface area contributed by atoms with E-state index >= 15 is 0 Å². The second kappa shape index (κ2) is 4.69. The lowest BCUT2D eigenvalue weighted by Crippen LogP contribution is -2.06. The second-order valence-corrected chi connectivity index (χ2v) is 5.03. The van der Waals surface area contributed by atoms with Gasteiger partial charge in [-0.1, -0.05) is 18.2 Å². The maximum absolute atomic E-state index is 13.0. The molecule has 1 nitrogen and oxygen atoms in total. The van der Waals surface area contributed by atoms with E-state index in [0.29, 0.717) is 16.7 Å². The molecule has 1 atom stereocenters. The van der Waals surface area contributed by atoms with Gasteiger partial charge in [0.1, 0.15) is 5.82 Å². The number of carbonyl (C=O) groups is 1. The summed E-state index contributed by atoms with van der Waals surface area (Å²) in [5, 5.41) is 0. The molecule has 0 saturated carbocycles. The molecular formula is C16H10F4O. The molecule has 0 aromatic heterocycles. The summed E-state index contributed by atoms with van der Waals surface area (Å²) < 4.78 is 51.4. The average Bonchev–Trinajstić information content (AvgIpc) is 2.76. The molecule has 21 heavy (non-hydrogen) atoms. The van der Waals surface area contributed by atoms with E-state index in [9.17, 15) is 22.4 Å². The minimum atomic E-state index is -4.45. The van der Waals surface area contributed by atoms with Crippen molar-refractivity contribution in [3.63, 3.8) is 0 Å². The van der Waals surface area contributed by atoms with Gasteiger partial charge in [0.2, 0.25) is 0 Å². The number of ketones is 1. The number of fused-ring (bicyclic) bond motifs is 1. The predicted octanol–water partition coefficient (Wildman–Crippen LogP) is 4.56. The van der Waals surface area contributed by atoms with Crippen LogP contribution in [0.25, 0.3) is 0 Å². The highest BCUT2D eigenvalue weighted by molar-refractivity contribution is 6.02. The smallest absolute Gasteiger partial charge is 0.294 e. The van der Waals surface area contributed by atoms with Crippen molar-refractivity contribution in [3.8, 4) is 0 Å². The van der Waals surface area contributed by atoms with Crippen LogP contribution in [0.4, 0.5) is 17.6 Å². The molecule has 0 spiro atoms. The zero-order valence-electron chi connectivity index (χ0n) is 10.7. The number of carbonyl (C=O) groups excluding carboxylic acids is 1. The Morgan fingerprint density at radius 1 is 1.00 bits per heavy atom. The third-order valence-electron chi connectivity index (χ3n) is 3.72. The maximum Gasteiger partial charge on any atom is 0.416 e. The molecule has 2 aromatic rings. The Labute approximate surface area is 118 Å². The molecule has 108 valence electrons. The van der Waals surface area contributed by atoms with Crippen molar-refractivity contribution in [1.82, 2.24) is 0 Å². The largest absolute Gasteiger partial charge is 0.416 e. The molecule has 0 amide bonds. The lowest BCUT2D eigenvalue weighted by atomic mass is 9.92. The van der Waals surface area contributed by atoms with E-state index in [1.54, 1.807) is 0 Å². The van der Waals surface area contributed by atoms with Gasteiger partial charge < -0.3 is 0 Å². The van der Waals surface area contributed by atoms with Crippen LogP contribution in [0.3, 0.4) is 0 Å². The molecular weight excluding hydrogens is 284 g/mol. The van der Waals surface area contributed by atoms with E-state index < -0.39 is 23.5 Å². The van der Waals surface area contributed by atoms with Crippen LogP contribution in [0.2, 0.25) is 0 Å². The topological polar surface area (TPSA) is 17.1 Å². The van der Waals surface area contributed by atoms with Crippen LogP contribution in [0.15, 0.2) is 42.5 Å². The Bertz CT molecular complexity index is 701. The fourth-order valence-corrected chi connectivity index (χ4v) is 2.68. The highest BCUT2D eigenvalue weighted by Crippen LogP contribution is 2.41. The van der Waals surface area contributed by atoms with Gasteiger partial charge in [0.15, 0.2) is 5.78 Å². The quantitative estimate of drug-likeness (QED) is 0.704. The zero-order chi connectivity index (χ0) is 15.2. The normalized spacial score (nSPS) is 17.9. The van der Waals surface area contributed by atoms with Gasteiger partial charge in [0, 0.05) is 17.9 Å². The number of rotatable bonds is 1. The van der Waals surface area contributed by atoms with E-state index in [2.05, 4.69) is 0 Å². The first-order valence-corrected chi connectivity index (χ1v) is 6.36. The molecule has 1 aliphatic carbocycles. The highest BCUT2D eigenvalue weighted by atomic mass is 19.4. The third-order valence-corrected chi connectivity index (χ3v) is 3.72. The molecule has 0 fully saturated rings. The first-order chi connectivity index (χ1) is 9.86. The van der Waals surface area contributed by atoms with Gasteiger partial charge in [-0.25, -0.2) is 4.39 Å². The van der Waals surface area contributed by atoms with Crippen LogP contribution in [0, 0.1) is 5.82 Å². The number of alkyl halides is 3. The minimum absolute atomic E-state index is 0.113. The van der Waals surface area contributed by atoms with Gasteiger partial charge in [0.25, 0.3) is 0 Å². The Balaban J connectivity index is 2.09. The standard InChI is InChI=1S/C16H10F4O/c17-11-4-1-9(2-5-11)13-8-15(21)12-6-3-10(7-14(12)13)16(18,19)20/h1-7,13H,8H2/t13-/m0/s1. The molecule has 0 aliphatic heterocycles. The van der Waals surface area contributed by atoms with Gasteiger partial charge >= 0.3 is 6.18 Å². The average molecular weight is 294 g/mol. The van der Waals surface area contributed by atoms with Crippen LogP contribution in [-0.4, -0.2) is 5.78 Å². The Kier molecular flexibility index (Phi) is 3.08. The summed E-state index contributed by atoms with van der Waals surface area (Å²) in [4.78, 5) is 11.9. The summed E-state index contributed by atoms with van der Waals surface area (Å²) in [6.07, 6.45) is -4.34. The SMILES string of the molecule is O=C1C[C@@H](c2ccc(F)cc2)c2cc(C(F)(F)F)ccc21. The predicted molar refractivity (Wildman–Crippen MR) is 68.6 cm³/mol. The van der Waals surface area contributed by atoms with Crippen LogP contribution in [0.1, 0.15) is 39.4 Å². The van der Waals surface area contributed by atoms with Gasteiger partial charge in [-0.05, 0) is 35.4 Å². The van der Waals surface area contributed by atoms with Gasteiger partial charge in [-0.3, -0.25) is 4.79 Å². The molecule has 0 N–H and O–H groups in total.